The molecule has 3 atom stereocenters. The highest BCUT2D eigenvalue weighted by molar-refractivity contribution is 8.00. The Hall–Kier alpha value is -1.42. The Morgan fingerprint density at radius 3 is 3.04 bits per heavy atom. The van der Waals surface area contributed by atoms with E-state index in [-0.39, 0.29) is 5.91 Å². The molecule has 1 heterocycles. The Kier molecular flexibility index (Phi) is 4.10. The maximum Gasteiger partial charge on any atom is 0.230 e. The molecule has 0 bridgehead atoms. The lowest BCUT2D eigenvalue weighted by atomic mass is 9.98. The topological polar surface area (TPSA) is 34.0 Å². The number of hydrogen-bond donors (Lipinski definition) is 1. The summed E-state index contributed by atoms with van der Waals surface area (Å²) >= 11 is 1.65. The normalized spacial score (nSPS) is 26.6. The predicted octanol–water partition coefficient (Wildman–Crippen LogP) is 3.97. The molecule has 2 aromatic rings. The van der Waals surface area contributed by atoms with E-state index in [4.69, 9.17) is 0 Å². The Morgan fingerprint density at radius 1 is 1.26 bits per heavy atom. The van der Waals surface area contributed by atoms with E-state index in [9.17, 15) is 4.79 Å². The number of thioether (sulfide) groups is 1. The second-order valence-corrected chi connectivity index (χ2v) is 8.03. The van der Waals surface area contributed by atoms with Crippen LogP contribution in [-0.4, -0.2) is 22.3 Å². The summed E-state index contributed by atoms with van der Waals surface area (Å²) in [5.41, 5.74) is 1.22. The van der Waals surface area contributed by atoms with E-state index in [2.05, 4.69) is 47.4 Å². The predicted molar refractivity (Wildman–Crippen MR) is 95.6 cm³/mol. The van der Waals surface area contributed by atoms with Gasteiger partial charge in [0.1, 0.15) is 0 Å². The maximum atomic E-state index is 12.4. The van der Waals surface area contributed by atoms with Crippen molar-refractivity contribution < 1.29 is 4.79 Å². The van der Waals surface area contributed by atoms with E-state index in [1.165, 1.54) is 47.9 Å². The minimum atomic E-state index is 0.195. The number of nitrogens with one attached hydrogen (secondary N) is 1. The number of rotatable bonds is 4. The van der Waals surface area contributed by atoms with Gasteiger partial charge < -0.3 is 9.88 Å². The molecule has 2 aliphatic carbocycles. The zero-order valence-corrected chi connectivity index (χ0v) is 14.4. The molecule has 0 radical (unpaired) electrons. The number of hydrogen-bond acceptors (Lipinski definition) is 2. The molecule has 2 saturated carbocycles. The van der Waals surface area contributed by atoms with E-state index in [1.54, 1.807) is 11.8 Å². The maximum absolute atomic E-state index is 12.4. The molecule has 0 unspecified atom stereocenters. The highest BCUT2D eigenvalue weighted by atomic mass is 32.2. The van der Waals surface area contributed by atoms with Gasteiger partial charge in [-0.3, -0.25) is 4.79 Å². The summed E-state index contributed by atoms with van der Waals surface area (Å²) in [5.74, 6) is 2.34. The molecule has 4 heteroatoms. The minimum absolute atomic E-state index is 0.195. The average molecular weight is 328 g/mol. The van der Waals surface area contributed by atoms with Crippen LogP contribution in [0.25, 0.3) is 10.9 Å². The van der Waals surface area contributed by atoms with Crippen LogP contribution < -0.4 is 5.32 Å². The lowest BCUT2D eigenvalue weighted by Gasteiger charge is -2.19. The molecule has 1 aromatic heterocycles. The van der Waals surface area contributed by atoms with Crippen LogP contribution in [-0.2, 0) is 11.8 Å². The van der Waals surface area contributed by atoms with E-state index in [1.807, 2.05) is 0 Å². The van der Waals surface area contributed by atoms with Gasteiger partial charge >= 0.3 is 0 Å². The minimum Gasteiger partial charge on any atom is -0.352 e. The summed E-state index contributed by atoms with van der Waals surface area (Å²) in [6.45, 7) is 0. The molecule has 2 aliphatic rings. The fraction of sp³-hybridized carbons (Fsp3) is 0.526. The number of nitrogens with zero attached hydrogens (tertiary/aromatic N) is 1. The van der Waals surface area contributed by atoms with Crippen molar-refractivity contribution >= 4 is 28.6 Å². The number of aryl methyl sites for hydroxylation is 1. The number of benzene rings is 1. The Balaban J connectivity index is 1.38. The third-order valence-corrected chi connectivity index (χ3v) is 6.69. The third kappa shape index (κ3) is 2.89. The lowest BCUT2D eigenvalue weighted by molar-refractivity contribution is -0.119. The molecule has 1 aromatic carbocycles. The quantitative estimate of drug-likeness (QED) is 0.862. The molecule has 0 spiro atoms. The van der Waals surface area contributed by atoms with Crippen LogP contribution in [0.5, 0.6) is 0 Å². The molecule has 4 rings (SSSR count). The summed E-state index contributed by atoms with van der Waals surface area (Å²) in [5, 5.41) is 4.55. The summed E-state index contributed by atoms with van der Waals surface area (Å²) in [6.07, 6.45) is 8.66. The summed E-state index contributed by atoms with van der Waals surface area (Å²) in [7, 11) is 2.06. The van der Waals surface area contributed by atoms with Gasteiger partial charge in [-0.25, -0.2) is 0 Å². The van der Waals surface area contributed by atoms with E-state index in [0.717, 1.165) is 11.8 Å². The Labute approximate surface area is 141 Å². The van der Waals surface area contributed by atoms with Crippen molar-refractivity contribution in [1.82, 2.24) is 9.88 Å². The molecule has 2 fully saturated rings. The van der Waals surface area contributed by atoms with Gasteiger partial charge in [0.05, 0.1) is 5.75 Å². The van der Waals surface area contributed by atoms with Gasteiger partial charge in [-0.1, -0.05) is 31.0 Å². The first kappa shape index (κ1) is 15.1. The van der Waals surface area contributed by atoms with Crippen LogP contribution in [0.4, 0.5) is 0 Å². The largest absolute Gasteiger partial charge is 0.352 e. The van der Waals surface area contributed by atoms with Gasteiger partial charge in [0.2, 0.25) is 5.91 Å². The number of para-hydroxylation sites is 1. The monoisotopic (exact) mass is 328 g/mol. The number of amides is 1. The van der Waals surface area contributed by atoms with Crippen LogP contribution in [0.1, 0.15) is 32.1 Å². The lowest BCUT2D eigenvalue weighted by Crippen LogP contribution is -2.38. The van der Waals surface area contributed by atoms with E-state index >= 15 is 0 Å². The van der Waals surface area contributed by atoms with Crippen molar-refractivity contribution in [1.29, 1.82) is 0 Å². The van der Waals surface area contributed by atoms with Gasteiger partial charge in [-0.2, -0.15) is 0 Å². The first-order chi connectivity index (χ1) is 11.2. The zero-order chi connectivity index (χ0) is 15.8. The molecule has 0 aliphatic heterocycles. The average Bonchev–Trinajstić information content (AvgIpc) is 3.23. The number of carbonyl (C=O) groups is 1. The van der Waals surface area contributed by atoms with Crippen molar-refractivity contribution in [2.45, 2.75) is 43.0 Å². The fourth-order valence-electron chi connectivity index (χ4n) is 4.55. The molecule has 23 heavy (non-hydrogen) atoms. The SMILES string of the molecule is Cn1cc(SCC(=O)N[C@H]2CC[C@@H]3CCC[C@@H]32)c2ccccc21. The van der Waals surface area contributed by atoms with E-state index in [0.29, 0.717) is 11.8 Å². The standard InChI is InChI=1S/C19H24N2OS/c1-21-11-18(15-6-2-3-8-17(15)21)23-12-19(22)20-16-10-9-13-5-4-7-14(13)16/h2-3,6,8,11,13-14,16H,4-5,7,9-10,12H2,1H3,(H,20,22)/t13-,14-,16-/m0/s1. The van der Waals surface area contributed by atoms with Crippen LogP contribution in [0, 0.1) is 11.8 Å². The number of carbonyl (C=O) groups excluding carboxylic acids is 1. The number of aromatic nitrogens is 1. The third-order valence-electron chi connectivity index (χ3n) is 5.65. The zero-order valence-electron chi connectivity index (χ0n) is 13.6. The molecule has 3 nitrogen and oxygen atoms in total. The molecular weight excluding hydrogens is 304 g/mol. The molecule has 1 amide bonds. The summed E-state index contributed by atoms with van der Waals surface area (Å²) in [6, 6.07) is 8.81. The van der Waals surface area contributed by atoms with Crippen molar-refractivity contribution in [2.24, 2.45) is 18.9 Å². The van der Waals surface area contributed by atoms with Crippen molar-refractivity contribution in [3.8, 4) is 0 Å². The van der Waals surface area contributed by atoms with Crippen molar-refractivity contribution in [2.75, 3.05) is 5.75 Å². The van der Waals surface area contributed by atoms with Gasteiger partial charge in [-0.05, 0) is 37.2 Å². The summed E-state index contributed by atoms with van der Waals surface area (Å²) < 4.78 is 2.13. The molecular formula is C19H24N2OS. The van der Waals surface area contributed by atoms with E-state index < -0.39 is 0 Å². The van der Waals surface area contributed by atoms with Crippen LogP contribution in [0.3, 0.4) is 0 Å². The highest BCUT2D eigenvalue weighted by Crippen LogP contribution is 2.44. The highest BCUT2D eigenvalue weighted by Gasteiger charge is 2.39. The van der Waals surface area contributed by atoms with Gasteiger partial charge in [0.25, 0.3) is 0 Å². The Bertz CT molecular complexity index is 723. The Morgan fingerprint density at radius 2 is 2.13 bits per heavy atom. The smallest absolute Gasteiger partial charge is 0.230 e. The molecule has 0 saturated heterocycles. The van der Waals surface area contributed by atoms with Crippen LogP contribution in [0.15, 0.2) is 35.4 Å². The van der Waals surface area contributed by atoms with Crippen molar-refractivity contribution in [3.05, 3.63) is 30.5 Å². The molecule has 122 valence electrons. The van der Waals surface area contributed by atoms with Crippen LogP contribution >= 0.6 is 11.8 Å². The fourth-order valence-corrected chi connectivity index (χ4v) is 5.48. The van der Waals surface area contributed by atoms with Crippen LogP contribution in [0.2, 0.25) is 0 Å². The van der Waals surface area contributed by atoms with Crippen molar-refractivity contribution in [3.63, 3.8) is 0 Å². The first-order valence-electron chi connectivity index (χ1n) is 8.68. The second kappa shape index (κ2) is 6.23. The van der Waals surface area contributed by atoms with Gasteiger partial charge in [0, 0.05) is 35.1 Å². The number of fused-ring (bicyclic) bond motifs is 2. The summed E-state index contributed by atoms with van der Waals surface area (Å²) in [4.78, 5) is 13.6. The second-order valence-electron chi connectivity index (χ2n) is 7.02. The van der Waals surface area contributed by atoms with Gasteiger partial charge in [0.15, 0.2) is 0 Å². The van der Waals surface area contributed by atoms with Gasteiger partial charge in [-0.15, -0.1) is 11.8 Å². The first-order valence-corrected chi connectivity index (χ1v) is 9.67. The molecule has 1 N–H and O–H groups in total.